The van der Waals surface area contributed by atoms with Crippen LogP contribution in [0.2, 0.25) is 0 Å². The molecule has 1 heterocycles. The molecule has 0 fully saturated rings. The molecule has 0 radical (unpaired) electrons. The van der Waals surface area contributed by atoms with Crippen molar-refractivity contribution in [2.45, 2.75) is 0 Å². The second kappa shape index (κ2) is 6.39. The molecule has 0 atom stereocenters. The molecule has 1 aromatic heterocycles. The standard InChI is InChI=1S/C13H7BrFN.ClH/c14-12-7-11(8-16-9-12)2-1-10-3-5-13(15)6-4-10;/h3-9H;1H. The van der Waals surface area contributed by atoms with Gasteiger partial charge in [0.1, 0.15) is 5.82 Å². The van der Waals surface area contributed by atoms with E-state index in [2.05, 4.69) is 32.8 Å². The second-order valence-electron chi connectivity index (χ2n) is 3.15. The van der Waals surface area contributed by atoms with Gasteiger partial charge in [-0.1, -0.05) is 11.8 Å². The summed E-state index contributed by atoms with van der Waals surface area (Å²) in [5.41, 5.74) is 1.60. The molecule has 0 aliphatic rings. The fourth-order valence-corrected chi connectivity index (χ4v) is 1.52. The van der Waals surface area contributed by atoms with Crippen LogP contribution < -0.4 is 0 Å². The lowest BCUT2D eigenvalue weighted by Gasteiger charge is -1.91. The van der Waals surface area contributed by atoms with Gasteiger partial charge < -0.3 is 0 Å². The predicted octanol–water partition coefficient (Wildman–Crippen LogP) is 3.80. The van der Waals surface area contributed by atoms with E-state index < -0.39 is 0 Å². The maximum atomic E-state index is 12.6. The van der Waals surface area contributed by atoms with E-state index in [1.807, 2.05) is 6.07 Å². The van der Waals surface area contributed by atoms with Crippen LogP contribution in [-0.2, 0) is 0 Å². The summed E-state index contributed by atoms with van der Waals surface area (Å²) in [6, 6.07) is 7.96. The van der Waals surface area contributed by atoms with Gasteiger partial charge in [-0.2, -0.15) is 0 Å². The normalized spacial score (nSPS) is 8.82. The Morgan fingerprint density at radius 2 is 1.65 bits per heavy atom. The van der Waals surface area contributed by atoms with Crippen LogP contribution >= 0.6 is 28.3 Å². The van der Waals surface area contributed by atoms with Crippen molar-refractivity contribution >= 4 is 28.3 Å². The van der Waals surface area contributed by atoms with Crippen molar-refractivity contribution in [1.29, 1.82) is 0 Å². The van der Waals surface area contributed by atoms with Gasteiger partial charge in [0, 0.05) is 28.0 Å². The molecule has 0 N–H and O–H groups in total. The van der Waals surface area contributed by atoms with E-state index in [1.54, 1.807) is 24.5 Å². The third kappa shape index (κ3) is 4.18. The first-order valence-corrected chi connectivity index (χ1v) is 5.41. The molecule has 0 spiro atoms. The zero-order valence-corrected chi connectivity index (χ0v) is 11.1. The van der Waals surface area contributed by atoms with E-state index >= 15 is 0 Å². The van der Waals surface area contributed by atoms with Crippen LogP contribution in [0.3, 0.4) is 0 Å². The summed E-state index contributed by atoms with van der Waals surface area (Å²) in [5.74, 6) is 5.64. The number of rotatable bonds is 0. The number of hydrogen-bond acceptors (Lipinski definition) is 1. The Morgan fingerprint density at radius 3 is 2.29 bits per heavy atom. The molecule has 2 rings (SSSR count). The van der Waals surface area contributed by atoms with Gasteiger partial charge in [0.05, 0.1) is 0 Å². The highest BCUT2D eigenvalue weighted by Gasteiger charge is 1.91. The van der Waals surface area contributed by atoms with Gasteiger partial charge in [-0.15, -0.1) is 12.4 Å². The number of halogens is 3. The van der Waals surface area contributed by atoms with Crippen LogP contribution in [0.1, 0.15) is 11.1 Å². The van der Waals surface area contributed by atoms with Gasteiger partial charge in [0.15, 0.2) is 0 Å². The minimum atomic E-state index is -0.255. The second-order valence-corrected chi connectivity index (χ2v) is 4.06. The number of aromatic nitrogens is 1. The molecule has 0 bridgehead atoms. The lowest BCUT2D eigenvalue weighted by Crippen LogP contribution is -1.79. The average Bonchev–Trinajstić information content (AvgIpc) is 2.28. The van der Waals surface area contributed by atoms with E-state index in [9.17, 15) is 4.39 Å². The number of pyridine rings is 1. The summed E-state index contributed by atoms with van der Waals surface area (Å²) >= 11 is 3.32. The lowest BCUT2D eigenvalue weighted by atomic mass is 10.2. The molecule has 0 amide bonds. The molecule has 0 saturated heterocycles. The first-order chi connectivity index (χ1) is 7.74. The third-order valence-corrected chi connectivity index (χ3v) is 2.33. The maximum absolute atomic E-state index is 12.6. The topological polar surface area (TPSA) is 12.9 Å². The van der Waals surface area contributed by atoms with E-state index in [-0.39, 0.29) is 18.2 Å². The van der Waals surface area contributed by atoms with E-state index in [0.29, 0.717) is 0 Å². The molecule has 2 aromatic rings. The van der Waals surface area contributed by atoms with Crippen molar-refractivity contribution in [2.75, 3.05) is 0 Å². The minimum absolute atomic E-state index is 0. The molecule has 0 unspecified atom stereocenters. The van der Waals surface area contributed by atoms with Gasteiger partial charge in [0.2, 0.25) is 0 Å². The van der Waals surface area contributed by atoms with Gasteiger partial charge in [-0.25, -0.2) is 4.39 Å². The first kappa shape index (κ1) is 13.7. The number of benzene rings is 1. The van der Waals surface area contributed by atoms with Crippen molar-refractivity contribution in [3.63, 3.8) is 0 Å². The Hall–Kier alpha value is -1.37. The summed E-state index contributed by atoms with van der Waals surface area (Å²) in [7, 11) is 0. The fraction of sp³-hybridized carbons (Fsp3) is 0. The highest BCUT2D eigenvalue weighted by molar-refractivity contribution is 9.10. The van der Waals surface area contributed by atoms with Crippen LogP contribution in [0.5, 0.6) is 0 Å². The Morgan fingerprint density at radius 1 is 1.00 bits per heavy atom. The first-order valence-electron chi connectivity index (χ1n) is 4.62. The van der Waals surface area contributed by atoms with Crippen LogP contribution in [0.25, 0.3) is 0 Å². The van der Waals surface area contributed by atoms with E-state index in [0.717, 1.165) is 15.6 Å². The molecule has 1 nitrogen and oxygen atoms in total. The van der Waals surface area contributed by atoms with Gasteiger partial charge in [0.25, 0.3) is 0 Å². The minimum Gasteiger partial charge on any atom is -0.262 e. The molecule has 86 valence electrons. The van der Waals surface area contributed by atoms with E-state index in [1.165, 1.54) is 12.1 Å². The van der Waals surface area contributed by atoms with Crippen molar-refractivity contribution < 1.29 is 4.39 Å². The van der Waals surface area contributed by atoms with Crippen LogP contribution in [0.4, 0.5) is 4.39 Å². The fourth-order valence-electron chi connectivity index (χ4n) is 1.16. The Labute approximate surface area is 114 Å². The smallest absolute Gasteiger partial charge is 0.123 e. The molecular weight excluding hydrogens is 305 g/mol. The van der Waals surface area contributed by atoms with Crippen LogP contribution in [0.15, 0.2) is 47.2 Å². The highest BCUT2D eigenvalue weighted by atomic mass is 79.9. The van der Waals surface area contributed by atoms with Gasteiger partial charge in [-0.05, 0) is 46.3 Å². The van der Waals surface area contributed by atoms with Gasteiger partial charge >= 0.3 is 0 Å². The van der Waals surface area contributed by atoms with Crippen molar-refractivity contribution in [1.82, 2.24) is 4.98 Å². The van der Waals surface area contributed by atoms with Crippen molar-refractivity contribution in [2.24, 2.45) is 0 Å². The summed E-state index contributed by atoms with van der Waals surface area (Å²) in [6.07, 6.45) is 3.38. The third-order valence-electron chi connectivity index (χ3n) is 1.90. The zero-order valence-electron chi connectivity index (χ0n) is 8.65. The Bertz CT molecular complexity index is 558. The summed E-state index contributed by atoms with van der Waals surface area (Å²) < 4.78 is 13.5. The molecule has 0 aliphatic heterocycles. The monoisotopic (exact) mass is 311 g/mol. The average molecular weight is 313 g/mol. The van der Waals surface area contributed by atoms with Crippen LogP contribution in [0, 0.1) is 17.7 Å². The van der Waals surface area contributed by atoms with Crippen molar-refractivity contribution in [3.05, 3.63) is 64.1 Å². The molecule has 0 saturated carbocycles. The molecule has 4 heteroatoms. The maximum Gasteiger partial charge on any atom is 0.123 e. The van der Waals surface area contributed by atoms with E-state index in [4.69, 9.17) is 0 Å². The number of hydrogen-bond donors (Lipinski definition) is 0. The highest BCUT2D eigenvalue weighted by Crippen LogP contribution is 2.08. The molecular formula is C13H8BrClFN. The number of nitrogens with zero attached hydrogens (tertiary/aromatic N) is 1. The Kier molecular flexibility index (Phi) is 5.14. The molecule has 0 aliphatic carbocycles. The zero-order chi connectivity index (χ0) is 11.4. The Balaban J connectivity index is 0.00000144. The summed E-state index contributed by atoms with van der Waals surface area (Å²) in [4.78, 5) is 4.00. The molecule has 1 aromatic carbocycles. The summed E-state index contributed by atoms with van der Waals surface area (Å²) in [5, 5.41) is 0. The molecule has 17 heavy (non-hydrogen) atoms. The summed E-state index contributed by atoms with van der Waals surface area (Å²) in [6.45, 7) is 0. The van der Waals surface area contributed by atoms with Gasteiger partial charge in [-0.3, -0.25) is 4.98 Å². The SMILES string of the molecule is Cl.Fc1ccc(C#Cc2cncc(Br)c2)cc1. The quantitative estimate of drug-likeness (QED) is 0.674. The predicted molar refractivity (Wildman–Crippen MR) is 71.6 cm³/mol. The largest absolute Gasteiger partial charge is 0.262 e. The lowest BCUT2D eigenvalue weighted by molar-refractivity contribution is 0.627. The van der Waals surface area contributed by atoms with Crippen LogP contribution in [-0.4, -0.2) is 4.98 Å². The van der Waals surface area contributed by atoms with Crippen molar-refractivity contribution in [3.8, 4) is 11.8 Å².